The number of hydrogen-bond acceptors (Lipinski definition) is 5. The molecule has 0 aliphatic carbocycles. The SMILES string of the molecule is CC(=O)OCC(=O)OCC1(C)COC1. The molecule has 0 N–H and O–H groups in total. The topological polar surface area (TPSA) is 61.8 Å². The van der Waals surface area contributed by atoms with Crippen LogP contribution < -0.4 is 0 Å². The zero-order valence-electron chi connectivity index (χ0n) is 8.37. The van der Waals surface area contributed by atoms with Crippen LogP contribution in [-0.2, 0) is 23.8 Å². The molecular weight excluding hydrogens is 188 g/mol. The highest BCUT2D eigenvalue weighted by Crippen LogP contribution is 2.26. The van der Waals surface area contributed by atoms with Crippen LogP contribution in [0.25, 0.3) is 0 Å². The van der Waals surface area contributed by atoms with Crippen LogP contribution in [0.15, 0.2) is 0 Å². The summed E-state index contributed by atoms with van der Waals surface area (Å²) in [4.78, 5) is 21.4. The third-order valence-corrected chi connectivity index (χ3v) is 1.88. The van der Waals surface area contributed by atoms with Crippen molar-refractivity contribution in [3.8, 4) is 0 Å². The number of esters is 2. The zero-order valence-corrected chi connectivity index (χ0v) is 8.37. The molecule has 5 nitrogen and oxygen atoms in total. The van der Waals surface area contributed by atoms with Gasteiger partial charge in [0.1, 0.15) is 6.61 Å². The second-order valence-electron chi connectivity index (χ2n) is 3.74. The van der Waals surface area contributed by atoms with Crippen molar-refractivity contribution in [1.29, 1.82) is 0 Å². The van der Waals surface area contributed by atoms with Crippen LogP contribution in [0.1, 0.15) is 13.8 Å². The van der Waals surface area contributed by atoms with Gasteiger partial charge in [0.2, 0.25) is 0 Å². The summed E-state index contributed by atoms with van der Waals surface area (Å²) in [5.74, 6) is -1.01. The van der Waals surface area contributed by atoms with Gasteiger partial charge in [0.05, 0.1) is 13.2 Å². The van der Waals surface area contributed by atoms with E-state index in [0.717, 1.165) is 0 Å². The molecule has 0 aromatic rings. The second-order valence-corrected chi connectivity index (χ2v) is 3.74. The summed E-state index contributed by atoms with van der Waals surface area (Å²) < 4.78 is 14.4. The normalized spacial score (nSPS) is 18.1. The Morgan fingerprint density at radius 3 is 2.43 bits per heavy atom. The largest absolute Gasteiger partial charge is 0.462 e. The minimum Gasteiger partial charge on any atom is -0.462 e. The first-order chi connectivity index (χ1) is 6.52. The molecule has 1 heterocycles. The van der Waals surface area contributed by atoms with Crippen molar-refractivity contribution in [3.05, 3.63) is 0 Å². The fourth-order valence-corrected chi connectivity index (χ4v) is 0.991. The van der Waals surface area contributed by atoms with E-state index in [1.54, 1.807) is 0 Å². The maximum absolute atomic E-state index is 11.0. The Morgan fingerprint density at radius 1 is 1.36 bits per heavy atom. The van der Waals surface area contributed by atoms with Gasteiger partial charge in [-0.25, -0.2) is 4.79 Å². The van der Waals surface area contributed by atoms with Crippen LogP contribution >= 0.6 is 0 Å². The molecule has 14 heavy (non-hydrogen) atoms. The summed E-state index contributed by atoms with van der Waals surface area (Å²) in [6.45, 7) is 4.42. The fourth-order valence-electron chi connectivity index (χ4n) is 0.991. The van der Waals surface area contributed by atoms with Crippen molar-refractivity contribution in [1.82, 2.24) is 0 Å². The van der Waals surface area contributed by atoms with Crippen LogP contribution in [-0.4, -0.2) is 38.4 Å². The number of rotatable bonds is 4. The van der Waals surface area contributed by atoms with E-state index in [1.165, 1.54) is 6.92 Å². The molecule has 0 aromatic carbocycles. The molecule has 5 heteroatoms. The minimum atomic E-state index is -0.520. The summed E-state index contributed by atoms with van der Waals surface area (Å²) in [6.07, 6.45) is 0. The molecule has 0 bridgehead atoms. The monoisotopic (exact) mass is 202 g/mol. The second kappa shape index (κ2) is 4.41. The molecule has 0 amide bonds. The quantitative estimate of drug-likeness (QED) is 0.606. The highest BCUT2D eigenvalue weighted by molar-refractivity contribution is 5.75. The number of ether oxygens (including phenoxy) is 3. The summed E-state index contributed by atoms with van der Waals surface area (Å²) in [7, 11) is 0. The lowest BCUT2D eigenvalue weighted by Crippen LogP contribution is -2.44. The Labute approximate surface area is 82.3 Å². The van der Waals surface area contributed by atoms with Crippen LogP contribution in [0.3, 0.4) is 0 Å². The molecule has 80 valence electrons. The molecule has 1 aliphatic heterocycles. The molecule has 1 saturated heterocycles. The van der Waals surface area contributed by atoms with E-state index in [9.17, 15) is 9.59 Å². The number of hydrogen-bond donors (Lipinski definition) is 0. The lowest BCUT2D eigenvalue weighted by molar-refractivity contribution is -0.172. The van der Waals surface area contributed by atoms with Crippen LogP contribution in [0, 0.1) is 5.41 Å². The van der Waals surface area contributed by atoms with Gasteiger partial charge in [-0.2, -0.15) is 0 Å². The van der Waals surface area contributed by atoms with Gasteiger partial charge in [0, 0.05) is 12.3 Å². The van der Waals surface area contributed by atoms with Crippen molar-refractivity contribution in [2.45, 2.75) is 13.8 Å². The lowest BCUT2D eigenvalue weighted by Gasteiger charge is -2.37. The molecular formula is C9H14O5. The van der Waals surface area contributed by atoms with E-state index < -0.39 is 11.9 Å². The van der Waals surface area contributed by atoms with Gasteiger partial charge in [-0.05, 0) is 0 Å². The van der Waals surface area contributed by atoms with E-state index in [0.29, 0.717) is 19.8 Å². The van der Waals surface area contributed by atoms with Gasteiger partial charge in [0.15, 0.2) is 6.61 Å². The van der Waals surface area contributed by atoms with E-state index in [1.807, 2.05) is 6.92 Å². The molecule has 0 spiro atoms. The third kappa shape index (κ3) is 3.33. The highest BCUT2D eigenvalue weighted by Gasteiger charge is 2.34. The Balaban J connectivity index is 2.11. The van der Waals surface area contributed by atoms with Gasteiger partial charge >= 0.3 is 11.9 Å². The maximum atomic E-state index is 11.0. The average Bonchev–Trinajstić information content (AvgIpc) is 2.08. The molecule has 1 aliphatic rings. The maximum Gasteiger partial charge on any atom is 0.344 e. The van der Waals surface area contributed by atoms with Gasteiger partial charge < -0.3 is 14.2 Å². The molecule has 0 unspecified atom stereocenters. The molecule has 1 fully saturated rings. The van der Waals surface area contributed by atoms with Crippen molar-refractivity contribution in [2.24, 2.45) is 5.41 Å². The number of carbonyl (C=O) groups is 2. The summed E-state index contributed by atoms with van der Waals surface area (Å²) in [5, 5.41) is 0. The predicted molar refractivity (Wildman–Crippen MR) is 46.5 cm³/mol. The molecule has 0 radical (unpaired) electrons. The Bertz CT molecular complexity index is 231. The average molecular weight is 202 g/mol. The summed E-state index contributed by atoms with van der Waals surface area (Å²) in [5.41, 5.74) is -0.0636. The van der Waals surface area contributed by atoms with E-state index >= 15 is 0 Å². The van der Waals surface area contributed by atoms with Crippen LogP contribution in [0.4, 0.5) is 0 Å². The van der Waals surface area contributed by atoms with Gasteiger partial charge in [-0.3, -0.25) is 4.79 Å². The van der Waals surface area contributed by atoms with Crippen molar-refractivity contribution in [3.63, 3.8) is 0 Å². The Kier molecular flexibility index (Phi) is 3.46. The fraction of sp³-hybridized carbons (Fsp3) is 0.778. The first kappa shape index (κ1) is 11.0. The molecule has 1 rings (SSSR count). The smallest absolute Gasteiger partial charge is 0.344 e. The van der Waals surface area contributed by atoms with E-state index in [2.05, 4.69) is 4.74 Å². The summed E-state index contributed by atoms with van der Waals surface area (Å²) in [6, 6.07) is 0. The summed E-state index contributed by atoms with van der Waals surface area (Å²) >= 11 is 0. The van der Waals surface area contributed by atoms with Crippen molar-refractivity contribution >= 4 is 11.9 Å². The minimum absolute atomic E-state index is 0.0636. The third-order valence-electron chi connectivity index (χ3n) is 1.88. The Morgan fingerprint density at radius 2 is 2.00 bits per heavy atom. The van der Waals surface area contributed by atoms with Gasteiger partial charge in [0.25, 0.3) is 0 Å². The van der Waals surface area contributed by atoms with Gasteiger partial charge in [-0.15, -0.1) is 0 Å². The first-order valence-corrected chi connectivity index (χ1v) is 4.39. The Hall–Kier alpha value is -1.10. The predicted octanol–water partition coefficient (Wildman–Crippen LogP) is 0.129. The van der Waals surface area contributed by atoms with Crippen molar-refractivity contribution < 1.29 is 23.8 Å². The zero-order chi connectivity index (χ0) is 10.6. The number of carbonyl (C=O) groups excluding carboxylic acids is 2. The molecule has 0 saturated carbocycles. The highest BCUT2D eigenvalue weighted by atomic mass is 16.6. The van der Waals surface area contributed by atoms with E-state index in [-0.39, 0.29) is 12.0 Å². The standard InChI is InChI=1S/C9H14O5/c1-7(10)13-3-8(11)14-6-9(2)4-12-5-9/h3-6H2,1-2H3. The van der Waals surface area contributed by atoms with Crippen LogP contribution in [0.5, 0.6) is 0 Å². The van der Waals surface area contributed by atoms with E-state index in [4.69, 9.17) is 9.47 Å². The first-order valence-electron chi connectivity index (χ1n) is 4.39. The van der Waals surface area contributed by atoms with Gasteiger partial charge in [-0.1, -0.05) is 6.92 Å². The molecule has 0 aromatic heterocycles. The lowest BCUT2D eigenvalue weighted by atomic mass is 9.90. The van der Waals surface area contributed by atoms with Crippen LogP contribution in [0.2, 0.25) is 0 Å². The van der Waals surface area contributed by atoms with Crippen molar-refractivity contribution in [2.75, 3.05) is 26.4 Å². The molecule has 0 atom stereocenters.